The summed E-state index contributed by atoms with van der Waals surface area (Å²) in [5.74, 6) is 1.24. The highest BCUT2D eigenvalue weighted by Crippen LogP contribution is 2.32. The molecular formula is C12H23NO. The lowest BCUT2D eigenvalue weighted by molar-refractivity contribution is 0.0493. The molecule has 0 radical (unpaired) electrons. The molecule has 4 atom stereocenters. The Morgan fingerprint density at radius 3 is 2.79 bits per heavy atom. The predicted molar refractivity (Wildman–Crippen MR) is 59.9 cm³/mol. The van der Waals surface area contributed by atoms with Gasteiger partial charge in [0.05, 0.1) is 6.10 Å². The normalized spacial score (nSPS) is 32.2. The Bertz CT molecular complexity index is 212. The smallest absolute Gasteiger partial charge is 0.0609 e. The molecule has 0 aromatic rings. The molecule has 0 saturated heterocycles. The molecule has 0 spiro atoms. The van der Waals surface area contributed by atoms with Crippen molar-refractivity contribution in [3.63, 3.8) is 0 Å². The van der Waals surface area contributed by atoms with Crippen LogP contribution >= 0.6 is 0 Å². The molecule has 82 valence electrons. The minimum absolute atomic E-state index is 0.220. The fraction of sp³-hybridized carbons (Fsp3) is 0.833. The number of hydrogen-bond donors (Lipinski definition) is 2. The van der Waals surface area contributed by atoms with Gasteiger partial charge in [0.1, 0.15) is 0 Å². The molecular weight excluding hydrogens is 174 g/mol. The Balaban J connectivity index is 2.58. The van der Waals surface area contributed by atoms with Crippen LogP contribution in [0.2, 0.25) is 0 Å². The summed E-state index contributed by atoms with van der Waals surface area (Å²) in [5.41, 5.74) is 6.99. The zero-order chi connectivity index (χ0) is 10.7. The molecule has 0 fully saturated rings. The van der Waals surface area contributed by atoms with Gasteiger partial charge >= 0.3 is 0 Å². The maximum atomic E-state index is 10.1. The summed E-state index contributed by atoms with van der Waals surface area (Å²) in [4.78, 5) is 0. The van der Waals surface area contributed by atoms with Gasteiger partial charge in [0.2, 0.25) is 0 Å². The highest BCUT2D eigenvalue weighted by atomic mass is 16.3. The summed E-state index contributed by atoms with van der Waals surface area (Å²) in [6, 6.07) is 0. The van der Waals surface area contributed by atoms with Crippen molar-refractivity contribution in [1.82, 2.24) is 0 Å². The Morgan fingerprint density at radius 1 is 1.64 bits per heavy atom. The van der Waals surface area contributed by atoms with Crippen molar-refractivity contribution in [3.8, 4) is 0 Å². The standard InChI is InChI=1S/C12H23NO/c1-8-4-9(2)6-11(5-8)12(14)10(3)7-13/h4,8,10-12,14H,5-7,13H2,1-3H3. The highest BCUT2D eigenvalue weighted by Gasteiger charge is 2.27. The molecule has 14 heavy (non-hydrogen) atoms. The van der Waals surface area contributed by atoms with Gasteiger partial charge in [0.15, 0.2) is 0 Å². The van der Waals surface area contributed by atoms with E-state index in [2.05, 4.69) is 19.9 Å². The molecule has 1 rings (SSSR count). The van der Waals surface area contributed by atoms with Gasteiger partial charge in [-0.1, -0.05) is 25.5 Å². The first kappa shape index (κ1) is 11.7. The molecule has 3 N–H and O–H groups in total. The maximum absolute atomic E-state index is 10.1. The lowest BCUT2D eigenvalue weighted by Gasteiger charge is -2.32. The van der Waals surface area contributed by atoms with Crippen LogP contribution in [0.4, 0.5) is 0 Å². The molecule has 0 aliphatic heterocycles. The van der Waals surface area contributed by atoms with E-state index in [1.807, 2.05) is 6.92 Å². The first-order valence-electron chi connectivity index (χ1n) is 5.60. The molecule has 0 amide bonds. The third-order valence-electron chi connectivity index (χ3n) is 3.27. The average molecular weight is 197 g/mol. The average Bonchev–Trinajstić information content (AvgIpc) is 2.14. The second kappa shape index (κ2) is 4.94. The van der Waals surface area contributed by atoms with Crippen molar-refractivity contribution in [1.29, 1.82) is 0 Å². The van der Waals surface area contributed by atoms with Crippen LogP contribution in [0.1, 0.15) is 33.6 Å². The van der Waals surface area contributed by atoms with Crippen LogP contribution in [-0.4, -0.2) is 17.8 Å². The number of aliphatic hydroxyl groups excluding tert-OH is 1. The molecule has 2 heteroatoms. The van der Waals surface area contributed by atoms with Gasteiger partial charge in [-0.15, -0.1) is 0 Å². The van der Waals surface area contributed by atoms with Gasteiger partial charge in [-0.25, -0.2) is 0 Å². The summed E-state index contributed by atoms with van der Waals surface area (Å²) in [6.07, 6.45) is 4.22. The van der Waals surface area contributed by atoms with Crippen LogP contribution in [0.15, 0.2) is 11.6 Å². The summed E-state index contributed by atoms with van der Waals surface area (Å²) in [5, 5.41) is 10.1. The van der Waals surface area contributed by atoms with E-state index in [0.29, 0.717) is 18.4 Å². The molecule has 0 aromatic heterocycles. The Hall–Kier alpha value is -0.340. The molecule has 2 nitrogen and oxygen atoms in total. The maximum Gasteiger partial charge on any atom is 0.0609 e. The van der Waals surface area contributed by atoms with Gasteiger partial charge in [-0.05, 0) is 44.1 Å². The molecule has 4 unspecified atom stereocenters. The molecule has 0 aromatic carbocycles. The zero-order valence-electron chi connectivity index (χ0n) is 9.53. The SMILES string of the molecule is CC1=CC(C)CC(C(O)C(C)CN)C1. The van der Waals surface area contributed by atoms with Crippen LogP contribution < -0.4 is 5.73 Å². The Morgan fingerprint density at radius 2 is 2.29 bits per heavy atom. The number of nitrogens with two attached hydrogens (primary N) is 1. The van der Waals surface area contributed by atoms with E-state index in [-0.39, 0.29) is 12.0 Å². The van der Waals surface area contributed by atoms with E-state index in [4.69, 9.17) is 5.73 Å². The minimum Gasteiger partial charge on any atom is -0.393 e. The number of rotatable bonds is 3. The predicted octanol–water partition coefficient (Wildman–Crippen LogP) is 1.93. The minimum atomic E-state index is -0.230. The van der Waals surface area contributed by atoms with Crippen LogP contribution in [0.3, 0.4) is 0 Å². The first-order valence-corrected chi connectivity index (χ1v) is 5.60. The lowest BCUT2D eigenvalue weighted by atomic mass is 9.77. The van der Waals surface area contributed by atoms with Crippen LogP contribution in [0, 0.1) is 17.8 Å². The van der Waals surface area contributed by atoms with Crippen LogP contribution in [0.5, 0.6) is 0 Å². The number of allylic oxidation sites excluding steroid dienone is 2. The molecule has 1 aliphatic carbocycles. The summed E-state index contributed by atoms with van der Waals surface area (Å²) >= 11 is 0. The fourth-order valence-electron chi connectivity index (χ4n) is 2.46. The van der Waals surface area contributed by atoms with E-state index in [1.54, 1.807) is 0 Å². The number of hydrogen-bond acceptors (Lipinski definition) is 2. The second-order valence-electron chi connectivity index (χ2n) is 4.89. The van der Waals surface area contributed by atoms with E-state index in [9.17, 15) is 5.11 Å². The summed E-state index contributed by atoms with van der Waals surface area (Å²) in [6.45, 7) is 6.98. The Kier molecular flexibility index (Phi) is 4.14. The van der Waals surface area contributed by atoms with E-state index >= 15 is 0 Å². The van der Waals surface area contributed by atoms with E-state index in [0.717, 1.165) is 12.8 Å². The lowest BCUT2D eigenvalue weighted by Crippen LogP contribution is -2.34. The molecule has 0 saturated carbocycles. The van der Waals surface area contributed by atoms with Crippen LogP contribution in [-0.2, 0) is 0 Å². The monoisotopic (exact) mass is 197 g/mol. The third kappa shape index (κ3) is 2.82. The van der Waals surface area contributed by atoms with Gasteiger partial charge < -0.3 is 10.8 Å². The van der Waals surface area contributed by atoms with Crippen molar-refractivity contribution in [3.05, 3.63) is 11.6 Å². The fourth-order valence-corrected chi connectivity index (χ4v) is 2.46. The third-order valence-corrected chi connectivity index (χ3v) is 3.27. The zero-order valence-corrected chi connectivity index (χ0v) is 9.53. The van der Waals surface area contributed by atoms with Crippen LogP contribution in [0.25, 0.3) is 0 Å². The van der Waals surface area contributed by atoms with Gasteiger partial charge in [0, 0.05) is 0 Å². The molecule has 0 heterocycles. The van der Waals surface area contributed by atoms with Crippen molar-refractivity contribution in [2.24, 2.45) is 23.5 Å². The van der Waals surface area contributed by atoms with Gasteiger partial charge in [0.25, 0.3) is 0 Å². The van der Waals surface area contributed by atoms with E-state index in [1.165, 1.54) is 5.57 Å². The summed E-state index contributed by atoms with van der Waals surface area (Å²) < 4.78 is 0. The van der Waals surface area contributed by atoms with Crippen molar-refractivity contribution in [2.75, 3.05) is 6.54 Å². The second-order valence-corrected chi connectivity index (χ2v) is 4.89. The Labute approximate surface area is 87.2 Å². The molecule has 1 aliphatic rings. The van der Waals surface area contributed by atoms with Gasteiger partial charge in [-0.3, -0.25) is 0 Å². The number of aliphatic hydroxyl groups is 1. The van der Waals surface area contributed by atoms with E-state index < -0.39 is 0 Å². The largest absolute Gasteiger partial charge is 0.393 e. The van der Waals surface area contributed by atoms with Gasteiger partial charge in [-0.2, -0.15) is 0 Å². The molecule has 0 bridgehead atoms. The quantitative estimate of drug-likeness (QED) is 0.679. The van der Waals surface area contributed by atoms with Crippen molar-refractivity contribution >= 4 is 0 Å². The summed E-state index contributed by atoms with van der Waals surface area (Å²) in [7, 11) is 0. The van der Waals surface area contributed by atoms with Crippen molar-refractivity contribution < 1.29 is 5.11 Å². The first-order chi connectivity index (χ1) is 6.54. The topological polar surface area (TPSA) is 46.2 Å². The highest BCUT2D eigenvalue weighted by molar-refractivity contribution is 5.07. The van der Waals surface area contributed by atoms with Crippen molar-refractivity contribution in [2.45, 2.75) is 39.7 Å².